The fraction of sp³-hybridized carbons (Fsp3) is 0.933. The molecule has 1 amide bonds. The fourth-order valence-corrected chi connectivity index (χ4v) is 2.42. The van der Waals surface area contributed by atoms with E-state index in [4.69, 9.17) is 4.74 Å². The molecule has 5 heteroatoms. The zero-order valence-electron chi connectivity index (χ0n) is 13.2. The highest BCUT2D eigenvalue weighted by molar-refractivity contribution is 5.67. The molecule has 1 atom stereocenters. The van der Waals surface area contributed by atoms with Crippen molar-refractivity contribution in [2.24, 2.45) is 0 Å². The van der Waals surface area contributed by atoms with E-state index in [-0.39, 0.29) is 18.2 Å². The molecule has 0 spiro atoms. The highest BCUT2D eigenvalue weighted by atomic mass is 16.6. The van der Waals surface area contributed by atoms with Crippen molar-refractivity contribution in [3.8, 4) is 0 Å². The molecule has 1 rings (SSSR count). The van der Waals surface area contributed by atoms with Gasteiger partial charge in [0.05, 0.1) is 6.10 Å². The number of ether oxygens (including phenoxy) is 1. The molecule has 1 aliphatic rings. The Bertz CT molecular complexity index is 294. The van der Waals surface area contributed by atoms with Crippen molar-refractivity contribution in [3.05, 3.63) is 0 Å². The second kappa shape index (κ2) is 7.84. The van der Waals surface area contributed by atoms with Crippen molar-refractivity contribution in [2.45, 2.75) is 83.6 Å². The minimum atomic E-state index is -0.460. The van der Waals surface area contributed by atoms with E-state index < -0.39 is 5.60 Å². The Labute approximate surface area is 122 Å². The van der Waals surface area contributed by atoms with Crippen LogP contribution in [0.4, 0.5) is 4.79 Å². The van der Waals surface area contributed by atoms with Gasteiger partial charge in [-0.1, -0.05) is 6.92 Å². The summed E-state index contributed by atoms with van der Waals surface area (Å²) in [5.74, 6) is 0. The molecule has 3 N–H and O–H groups in total. The summed E-state index contributed by atoms with van der Waals surface area (Å²) in [6.45, 7) is 8.25. The van der Waals surface area contributed by atoms with Crippen LogP contribution in [0.1, 0.15) is 59.8 Å². The number of nitrogens with one attached hydrogen (secondary N) is 2. The molecule has 0 saturated heterocycles. The summed E-state index contributed by atoms with van der Waals surface area (Å²) in [5, 5.41) is 15.9. The number of carbonyl (C=O) groups is 1. The average Bonchev–Trinajstić information content (AvgIpc) is 2.34. The third-order valence-electron chi connectivity index (χ3n) is 3.55. The number of hydrogen-bond acceptors (Lipinski definition) is 4. The van der Waals surface area contributed by atoms with Crippen LogP contribution in [-0.2, 0) is 4.74 Å². The Kier molecular flexibility index (Phi) is 6.76. The molecule has 0 aliphatic heterocycles. The lowest BCUT2D eigenvalue weighted by Crippen LogP contribution is -2.47. The monoisotopic (exact) mass is 286 g/mol. The summed E-state index contributed by atoms with van der Waals surface area (Å²) in [5.41, 5.74) is -0.460. The zero-order valence-corrected chi connectivity index (χ0v) is 13.2. The van der Waals surface area contributed by atoms with E-state index >= 15 is 0 Å². The SMILES string of the molecule is CCC(CNC(=O)OC(C)(C)C)NC1CCC(O)CC1. The van der Waals surface area contributed by atoms with Crippen molar-refractivity contribution in [1.82, 2.24) is 10.6 Å². The molecule has 118 valence electrons. The number of aliphatic hydroxyl groups is 1. The maximum atomic E-state index is 11.6. The quantitative estimate of drug-likeness (QED) is 0.724. The second-order valence-corrected chi connectivity index (χ2v) is 6.66. The predicted molar refractivity (Wildman–Crippen MR) is 79.7 cm³/mol. The molecule has 0 heterocycles. The average molecular weight is 286 g/mol. The van der Waals surface area contributed by atoms with Gasteiger partial charge in [0.15, 0.2) is 0 Å². The van der Waals surface area contributed by atoms with Gasteiger partial charge < -0.3 is 20.5 Å². The molecular weight excluding hydrogens is 256 g/mol. The molecule has 5 nitrogen and oxygen atoms in total. The highest BCUT2D eigenvalue weighted by Gasteiger charge is 2.22. The first-order valence-corrected chi connectivity index (χ1v) is 7.71. The molecule has 1 aliphatic carbocycles. The van der Waals surface area contributed by atoms with Crippen LogP contribution in [0.2, 0.25) is 0 Å². The van der Waals surface area contributed by atoms with Gasteiger partial charge in [0.1, 0.15) is 5.60 Å². The van der Waals surface area contributed by atoms with Crippen molar-refractivity contribution in [2.75, 3.05) is 6.54 Å². The normalized spacial score (nSPS) is 25.1. The van der Waals surface area contributed by atoms with Gasteiger partial charge in [0, 0.05) is 18.6 Å². The van der Waals surface area contributed by atoms with E-state index in [2.05, 4.69) is 17.6 Å². The molecule has 1 fully saturated rings. The summed E-state index contributed by atoms with van der Waals surface area (Å²) < 4.78 is 5.23. The van der Waals surface area contributed by atoms with E-state index in [1.807, 2.05) is 20.8 Å². The Balaban J connectivity index is 2.27. The molecule has 1 unspecified atom stereocenters. The van der Waals surface area contributed by atoms with E-state index in [9.17, 15) is 9.90 Å². The minimum absolute atomic E-state index is 0.131. The molecular formula is C15H30N2O3. The molecule has 20 heavy (non-hydrogen) atoms. The molecule has 0 aromatic carbocycles. The van der Waals surface area contributed by atoms with E-state index in [0.717, 1.165) is 32.1 Å². The zero-order chi connectivity index (χ0) is 15.2. The van der Waals surface area contributed by atoms with Crippen LogP contribution >= 0.6 is 0 Å². The number of amides is 1. The van der Waals surface area contributed by atoms with Crippen molar-refractivity contribution in [1.29, 1.82) is 0 Å². The summed E-state index contributed by atoms with van der Waals surface area (Å²) in [6, 6.07) is 0.701. The maximum absolute atomic E-state index is 11.6. The summed E-state index contributed by atoms with van der Waals surface area (Å²) >= 11 is 0. The van der Waals surface area contributed by atoms with Crippen LogP contribution in [-0.4, -0.2) is 41.5 Å². The first-order valence-electron chi connectivity index (χ1n) is 7.71. The van der Waals surface area contributed by atoms with Crippen molar-refractivity contribution >= 4 is 6.09 Å². The van der Waals surface area contributed by atoms with Crippen molar-refractivity contribution in [3.63, 3.8) is 0 Å². The van der Waals surface area contributed by atoms with E-state index in [1.165, 1.54) is 0 Å². The predicted octanol–water partition coefficient (Wildman–Crippen LogP) is 2.18. The Morgan fingerprint density at radius 2 is 1.90 bits per heavy atom. The van der Waals surface area contributed by atoms with Crippen LogP contribution in [0, 0.1) is 0 Å². The number of rotatable bonds is 5. The lowest BCUT2D eigenvalue weighted by Gasteiger charge is -2.30. The van der Waals surface area contributed by atoms with Crippen LogP contribution in [0.15, 0.2) is 0 Å². The third kappa shape index (κ3) is 7.10. The van der Waals surface area contributed by atoms with E-state index in [1.54, 1.807) is 0 Å². The Hall–Kier alpha value is -0.810. The standard InChI is InChI=1S/C15H30N2O3/c1-5-11(10-16-14(19)20-15(2,3)4)17-12-6-8-13(18)9-7-12/h11-13,17-18H,5-10H2,1-4H3,(H,16,19). The molecule has 1 saturated carbocycles. The molecule has 0 aromatic heterocycles. The van der Waals surface area contributed by atoms with Gasteiger partial charge in [0.25, 0.3) is 0 Å². The summed E-state index contributed by atoms with van der Waals surface area (Å²) in [7, 11) is 0. The molecule has 0 bridgehead atoms. The largest absolute Gasteiger partial charge is 0.444 e. The Morgan fingerprint density at radius 1 is 1.30 bits per heavy atom. The minimum Gasteiger partial charge on any atom is -0.444 e. The smallest absolute Gasteiger partial charge is 0.407 e. The van der Waals surface area contributed by atoms with Gasteiger partial charge in [-0.2, -0.15) is 0 Å². The molecule has 0 aromatic rings. The fourth-order valence-electron chi connectivity index (χ4n) is 2.42. The first kappa shape index (κ1) is 17.2. The van der Waals surface area contributed by atoms with Gasteiger partial charge >= 0.3 is 6.09 Å². The summed E-state index contributed by atoms with van der Waals surface area (Å²) in [4.78, 5) is 11.6. The Morgan fingerprint density at radius 3 is 2.40 bits per heavy atom. The number of carbonyl (C=O) groups excluding carboxylic acids is 1. The third-order valence-corrected chi connectivity index (χ3v) is 3.55. The first-order chi connectivity index (χ1) is 9.30. The van der Waals surface area contributed by atoms with Gasteiger partial charge in [-0.25, -0.2) is 4.79 Å². The maximum Gasteiger partial charge on any atom is 0.407 e. The van der Waals surface area contributed by atoms with Gasteiger partial charge in [-0.3, -0.25) is 0 Å². The van der Waals surface area contributed by atoms with Crippen LogP contribution in [0.3, 0.4) is 0 Å². The second-order valence-electron chi connectivity index (χ2n) is 6.66. The van der Waals surface area contributed by atoms with Crippen LogP contribution in [0.5, 0.6) is 0 Å². The van der Waals surface area contributed by atoms with Crippen LogP contribution in [0.25, 0.3) is 0 Å². The molecule has 0 radical (unpaired) electrons. The van der Waals surface area contributed by atoms with Gasteiger partial charge in [-0.05, 0) is 52.9 Å². The lowest BCUT2D eigenvalue weighted by atomic mass is 9.92. The topological polar surface area (TPSA) is 70.6 Å². The number of aliphatic hydroxyl groups excluding tert-OH is 1. The number of hydrogen-bond donors (Lipinski definition) is 3. The van der Waals surface area contributed by atoms with Crippen LogP contribution < -0.4 is 10.6 Å². The van der Waals surface area contributed by atoms with Crippen molar-refractivity contribution < 1.29 is 14.6 Å². The number of alkyl carbamates (subject to hydrolysis) is 1. The lowest BCUT2D eigenvalue weighted by molar-refractivity contribution is 0.0520. The van der Waals surface area contributed by atoms with E-state index in [0.29, 0.717) is 12.6 Å². The highest BCUT2D eigenvalue weighted by Crippen LogP contribution is 2.19. The van der Waals surface area contributed by atoms with Gasteiger partial charge in [-0.15, -0.1) is 0 Å². The van der Waals surface area contributed by atoms with Gasteiger partial charge in [0.2, 0.25) is 0 Å². The summed E-state index contributed by atoms with van der Waals surface area (Å²) in [6.07, 6.45) is 4.20.